The largest absolute Gasteiger partial charge is 0.487 e. The van der Waals surface area contributed by atoms with Crippen molar-refractivity contribution in [3.05, 3.63) is 54.0 Å². The van der Waals surface area contributed by atoms with Gasteiger partial charge in [0.05, 0.1) is 17.9 Å². The summed E-state index contributed by atoms with van der Waals surface area (Å²) in [4.78, 5) is 14.8. The fourth-order valence-corrected chi connectivity index (χ4v) is 3.63. The van der Waals surface area contributed by atoms with Gasteiger partial charge in [-0.2, -0.15) is 5.10 Å². The second-order valence-corrected chi connectivity index (χ2v) is 6.76. The first-order valence-electron chi connectivity index (χ1n) is 7.93. The van der Waals surface area contributed by atoms with Gasteiger partial charge in [-0.1, -0.05) is 14.6 Å². The molecule has 0 saturated heterocycles. The maximum atomic E-state index is 10.6. The minimum Gasteiger partial charge on any atom is -0.487 e. The maximum Gasteiger partial charge on any atom is 0.211 e. The number of pyridine rings is 1. The van der Waals surface area contributed by atoms with Gasteiger partial charge in [0, 0.05) is 40.6 Å². The summed E-state index contributed by atoms with van der Waals surface area (Å²) in [6.07, 6.45) is 4.37. The molecule has 7 heteroatoms. The second kappa shape index (κ2) is 6.65. The minimum atomic E-state index is 0.444. The summed E-state index contributed by atoms with van der Waals surface area (Å²) < 4.78 is 7.92. The molecule has 25 heavy (non-hydrogen) atoms. The molecule has 1 unspecified atom stereocenters. The summed E-state index contributed by atoms with van der Waals surface area (Å²) in [6.45, 7) is 3.23. The van der Waals surface area contributed by atoms with E-state index in [2.05, 4.69) is 23.0 Å². The Kier molecular flexibility index (Phi) is 4.20. The Morgan fingerprint density at radius 3 is 3.08 bits per heavy atom. The Bertz CT molecular complexity index is 939. The van der Waals surface area contributed by atoms with E-state index in [4.69, 9.17) is 9.84 Å². The molecule has 3 aromatic rings. The molecule has 1 aliphatic heterocycles. The molecule has 0 bridgehead atoms. The van der Waals surface area contributed by atoms with Gasteiger partial charge in [0.1, 0.15) is 12.4 Å². The van der Waals surface area contributed by atoms with Crippen LogP contribution in [0.15, 0.2) is 42.7 Å². The van der Waals surface area contributed by atoms with Crippen LogP contribution in [0.5, 0.6) is 5.75 Å². The summed E-state index contributed by atoms with van der Waals surface area (Å²) in [6, 6.07) is 9.76. The summed E-state index contributed by atoms with van der Waals surface area (Å²) in [5.41, 5.74) is 4.87. The number of rotatable bonds is 4. The number of aromatic nitrogens is 3. The van der Waals surface area contributed by atoms with Gasteiger partial charge in [0.2, 0.25) is 6.41 Å². The van der Waals surface area contributed by atoms with Crippen LogP contribution in [-0.2, 0) is 17.9 Å². The normalized spacial score (nSPS) is 13.0. The van der Waals surface area contributed by atoms with E-state index in [-0.39, 0.29) is 0 Å². The Labute approximate surface area is 147 Å². The predicted octanol–water partition coefficient (Wildman–Crippen LogP) is 2.39. The number of amides is 1. The Hall–Kier alpha value is -2.72. The molecule has 2 aromatic heterocycles. The molecular formula is C18H17N4O2P. The predicted molar refractivity (Wildman–Crippen MR) is 98.9 cm³/mol. The van der Waals surface area contributed by atoms with E-state index >= 15 is 0 Å². The number of hydrogen-bond donors (Lipinski definition) is 1. The lowest BCUT2D eigenvalue weighted by Crippen LogP contribution is -2.05. The second-order valence-electron chi connectivity index (χ2n) is 5.72. The highest BCUT2D eigenvalue weighted by Crippen LogP contribution is 2.30. The standard InChI is InChI=1S/C18H17N4O2P/c1-25-18-8-19-5-4-15(18)16-7-14-10-24-17-6-13(20-11-23)3-2-12(17)9-22(14)21-16/h2-8,11,25H,9-10H2,1H3,(H,20,23). The van der Waals surface area contributed by atoms with Gasteiger partial charge in [-0.25, -0.2) is 0 Å². The number of benzene rings is 1. The summed E-state index contributed by atoms with van der Waals surface area (Å²) in [7, 11) is 0.666. The Balaban J connectivity index is 1.69. The van der Waals surface area contributed by atoms with Crippen molar-refractivity contribution in [3.63, 3.8) is 0 Å². The third-order valence-electron chi connectivity index (χ3n) is 4.22. The Morgan fingerprint density at radius 2 is 2.24 bits per heavy atom. The van der Waals surface area contributed by atoms with Crippen molar-refractivity contribution in [2.45, 2.75) is 13.2 Å². The van der Waals surface area contributed by atoms with E-state index in [1.165, 1.54) is 5.30 Å². The SMILES string of the molecule is CPc1cnccc1-c1cc2n(n1)Cc1ccc(NC=O)cc1OC2. The van der Waals surface area contributed by atoms with E-state index in [0.717, 1.165) is 34.0 Å². The molecule has 0 spiro atoms. The van der Waals surface area contributed by atoms with Crippen LogP contribution in [0.25, 0.3) is 11.3 Å². The molecule has 3 heterocycles. The average Bonchev–Trinajstić information content (AvgIpc) is 2.96. The smallest absolute Gasteiger partial charge is 0.211 e. The van der Waals surface area contributed by atoms with Gasteiger partial charge in [-0.05, 0) is 24.9 Å². The fourth-order valence-electron chi connectivity index (χ4n) is 2.95. The number of anilines is 1. The van der Waals surface area contributed by atoms with Crippen LogP contribution in [0.3, 0.4) is 0 Å². The highest BCUT2D eigenvalue weighted by atomic mass is 31.1. The third kappa shape index (κ3) is 3.01. The zero-order chi connectivity index (χ0) is 17.2. The molecule has 0 saturated carbocycles. The van der Waals surface area contributed by atoms with Crippen molar-refractivity contribution in [1.29, 1.82) is 0 Å². The van der Waals surface area contributed by atoms with Crippen molar-refractivity contribution in [1.82, 2.24) is 14.8 Å². The van der Waals surface area contributed by atoms with E-state index in [1.807, 2.05) is 35.1 Å². The van der Waals surface area contributed by atoms with Crippen molar-refractivity contribution in [2.75, 3.05) is 12.0 Å². The molecule has 1 atom stereocenters. The molecule has 1 aliphatic rings. The molecular weight excluding hydrogens is 335 g/mol. The number of carbonyl (C=O) groups is 1. The van der Waals surface area contributed by atoms with Crippen LogP contribution in [0, 0.1) is 0 Å². The highest BCUT2D eigenvalue weighted by Gasteiger charge is 2.18. The Morgan fingerprint density at radius 1 is 1.32 bits per heavy atom. The van der Waals surface area contributed by atoms with E-state index in [1.54, 1.807) is 6.20 Å². The zero-order valence-electron chi connectivity index (χ0n) is 13.7. The number of ether oxygens (including phenoxy) is 1. The lowest BCUT2D eigenvalue weighted by molar-refractivity contribution is -0.105. The number of nitrogens with zero attached hydrogens (tertiary/aromatic N) is 3. The first-order chi connectivity index (χ1) is 12.3. The topological polar surface area (TPSA) is 69.0 Å². The van der Waals surface area contributed by atoms with Crippen LogP contribution < -0.4 is 15.4 Å². The monoisotopic (exact) mass is 352 g/mol. The zero-order valence-corrected chi connectivity index (χ0v) is 14.7. The molecule has 0 fully saturated rings. The van der Waals surface area contributed by atoms with Gasteiger partial charge in [0.25, 0.3) is 0 Å². The van der Waals surface area contributed by atoms with Crippen molar-refractivity contribution in [2.24, 2.45) is 0 Å². The van der Waals surface area contributed by atoms with Gasteiger partial charge < -0.3 is 10.1 Å². The lowest BCUT2D eigenvalue weighted by Gasteiger charge is -2.09. The first kappa shape index (κ1) is 15.8. The lowest BCUT2D eigenvalue weighted by atomic mass is 10.2. The quantitative estimate of drug-likeness (QED) is 0.578. The van der Waals surface area contributed by atoms with Gasteiger partial charge in [-0.3, -0.25) is 14.5 Å². The maximum absolute atomic E-state index is 10.6. The van der Waals surface area contributed by atoms with Crippen LogP contribution >= 0.6 is 8.58 Å². The molecule has 0 radical (unpaired) electrons. The van der Waals surface area contributed by atoms with E-state index in [0.29, 0.717) is 28.1 Å². The number of carbonyl (C=O) groups excluding carboxylic acids is 1. The number of fused-ring (bicyclic) bond motifs is 2. The number of hydrogen-bond acceptors (Lipinski definition) is 4. The molecule has 1 amide bonds. The number of nitrogens with one attached hydrogen (secondary N) is 1. The van der Waals surface area contributed by atoms with Gasteiger partial charge in [-0.15, -0.1) is 0 Å². The molecule has 1 N–H and O–H groups in total. The third-order valence-corrected chi connectivity index (χ3v) is 5.16. The van der Waals surface area contributed by atoms with Crippen LogP contribution in [0.2, 0.25) is 0 Å². The summed E-state index contributed by atoms with van der Waals surface area (Å²) in [5, 5.41) is 8.65. The average molecular weight is 352 g/mol. The van der Waals surface area contributed by atoms with E-state index < -0.39 is 0 Å². The van der Waals surface area contributed by atoms with Crippen LogP contribution in [-0.4, -0.2) is 27.8 Å². The summed E-state index contributed by atoms with van der Waals surface area (Å²) >= 11 is 0. The van der Waals surface area contributed by atoms with Gasteiger partial charge in [0.15, 0.2) is 0 Å². The van der Waals surface area contributed by atoms with Crippen LogP contribution in [0.1, 0.15) is 11.3 Å². The molecule has 0 aliphatic carbocycles. The highest BCUT2D eigenvalue weighted by molar-refractivity contribution is 7.46. The fraction of sp³-hybridized carbons (Fsp3) is 0.167. The van der Waals surface area contributed by atoms with E-state index in [9.17, 15) is 4.79 Å². The van der Waals surface area contributed by atoms with Crippen molar-refractivity contribution < 1.29 is 9.53 Å². The van der Waals surface area contributed by atoms with Crippen LogP contribution in [0.4, 0.5) is 5.69 Å². The van der Waals surface area contributed by atoms with Crippen molar-refractivity contribution in [3.8, 4) is 17.0 Å². The first-order valence-corrected chi connectivity index (χ1v) is 9.43. The van der Waals surface area contributed by atoms with Gasteiger partial charge >= 0.3 is 0 Å². The minimum absolute atomic E-state index is 0.444. The van der Waals surface area contributed by atoms with Crippen molar-refractivity contribution >= 4 is 26.0 Å². The molecule has 4 rings (SSSR count). The molecule has 126 valence electrons. The molecule has 6 nitrogen and oxygen atoms in total. The summed E-state index contributed by atoms with van der Waals surface area (Å²) in [5.74, 6) is 0.776. The molecule has 1 aromatic carbocycles.